The van der Waals surface area contributed by atoms with Gasteiger partial charge in [-0.2, -0.15) is 0 Å². The zero-order chi connectivity index (χ0) is 24.8. The van der Waals surface area contributed by atoms with E-state index < -0.39 is 16.2 Å². The Bertz CT molecular complexity index is 1340. The molecule has 0 fully saturated rings. The minimum absolute atomic E-state index is 0.0259. The summed E-state index contributed by atoms with van der Waals surface area (Å²) in [6.07, 6.45) is 7.26. The van der Waals surface area contributed by atoms with Gasteiger partial charge in [0.05, 0.1) is 18.0 Å². The standard InChI is InChI=1S/C26H29N5O4/c27-24-23(25(32)28-26(33)30(24)17-20-11-5-2-6-12-20)29(16-15-19-9-3-1-4-10-19)18-21-13-7-8-14-22(21)31(34)35/h2,5-9,11-14H,1,3-4,10,15-18,27H2,(H,28,32,33). The van der Waals surface area contributed by atoms with Crippen LogP contribution in [0.15, 0.2) is 75.8 Å². The maximum atomic E-state index is 13.0. The number of nitro benzene ring substituents is 1. The van der Waals surface area contributed by atoms with Gasteiger partial charge in [-0.1, -0.05) is 60.2 Å². The van der Waals surface area contributed by atoms with Crippen molar-refractivity contribution < 1.29 is 4.92 Å². The fourth-order valence-corrected chi connectivity index (χ4v) is 4.51. The molecule has 1 heterocycles. The van der Waals surface area contributed by atoms with Gasteiger partial charge < -0.3 is 10.6 Å². The number of rotatable bonds is 9. The van der Waals surface area contributed by atoms with Crippen molar-refractivity contribution in [1.82, 2.24) is 9.55 Å². The van der Waals surface area contributed by atoms with Crippen LogP contribution in [0.5, 0.6) is 0 Å². The van der Waals surface area contributed by atoms with Crippen molar-refractivity contribution >= 4 is 17.2 Å². The van der Waals surface area contributed by atoms with Gasteiger partial charge in [-0.25, -0.2) is 4.79 Å². The molecule has 2 aromatic carbocycles. The van der Waals surface area contributed by atoms with Gasteiger partial charge in [0, 0.05) is 18.2 Å². The first-order valence-electron chi connectivity index (χ1n) is 11.8. The molecule has 0 bridgehead atoms. The summed E-state index contributed by atoms with van der Waals surface area (Å²) in [7, 11) is 0. The second-order valence-corrected chi connectivity index (χ2v) is 8.73. The number of benzene rings is 2. The number of nitrogens with two attached hydrogens (primary N) is 1. The SMILES string of the molecule is Nc1c(N(CCC2=CCCCC2)Cc2ccccc2[N+](=O)[O-])c(=O)[nH]c(=O)n1Cc1ccccc1. The number of hydrogen-bond acceptors (Lipinski definition) is 6. The lowest BCUT2D eigenvalue weighted by Crippen LogP contribution is -2.39. The number of nitro groups is 1. The quantitative estimate of drug-likeness (QED) is 0.274. The summed E-state index contributed by atoms with van der Waals surface area (Å²) in [6.45, 7) is 0.746. The second-order valence-electron chi connectivity index (χ2n) is 8.73. The van der Waals surface area contributed by atoms with Crippen molar-refractivity contribution in [1.29, 1.82) is 0 Å². The predicted molar refractivity (Wildman–Crippen MR) is 137 cm³/mol. The van der Waals surface area contributed by atoms with Crippen molar-refractivity contribution in [3.8, 4) is 0 Å². The molecule has 0 saturated carbocycles. The van der Waals surface area contributed by atoms with Gasteiger partial charge in [0.2, 0.25) is 0 Å². The number of anilines is 2. The van der Waals surface area contributed by atoms with Crippen molar-refractivity contribution in [2.24, 2.45) is 0 Å². The molecule has 3 aromatic rings. The van der Waals surface area contributed by atoms with E-state index in [9.17, 15) is 19.7 Å². The summed E-state index contributed by atoms with van der Waals surface area (Å²) < 4.78 is 1.33. The van der Waals surface area contributed by atoms with Crippen molar-refractivity contribution in [3.63, 3.8) is 0 Å². The topological polar surface area (TPSA) is 127 Å². The molecule has 4 rings (SSSR count). The molecule has 182 valence electrons. The average molecular weight is 476 g/mol. The second kappa shape index (κ2) is 10.9. The third-order valence-electron chi connectivity index (χ3n) is 6.35. The van der Waals surface area contributed by atoms with Gasteiger partial charge >= 0.3 is 5.69 Å². The number of aromatic nitrogens is 2. The highest BCUT2D eigenvalue weighted by Gasteiger charge is 2.23. The van der Waals surface area contributed by atoms with E-state index in [1.807, 2.05) is 30.3 Å². The van der Waals surface area contributed by atoms with Crippen LogP contribution in [-0.2, 0) is 13.1 Å². The highest BCUT2D eigenvalue weighted by Crippen LogP contribution is 2.27. The van der Waals surface area contributed by atoms with Crippen LogP contribution in [0.1, 0.15) is 43.2 Å². The van der Waals surface area contributed by atoms with Crippen LogP contribution in [-0.4, -0.2) is 21.0 Å². The zero-order valence-corrected chi connectivity index (χ0v) is 19.5. The molecule has 1 aromatic heterocycles. The normalized spacial score (nSPS) is 13.3. The summed E-state index contributed by atoms with van der Waals surface area (Å²) in [5.74, 6) is 0.0406. The van der Waals surface area contributed by atoms with E-state index in [1.54, 1.807) is 23.1 Å². The van der Waals surface area contributed by atoms with E-state index in [4.69, 9.17) is 5.73 Å². The maximum Gasteiger partial charge on any atom is 0.330 e. The largest absolute Gasteiger partial charge is 0.383 e. The van der Waals surface area contributed by atoms with E-state index in [0.29, 0.717) is 18.5 Å². The maximum absolute atomic E-state index is 13.0. The first-order valence-corrected chi connectivity index (χ1v) is 11.8. The summed E-state index contributed by atoms with van der Waals surface area (Å²) in [5, 5.41) is 11.6. The first-order chi connectivity index (χ1) is 16.9. The number of allylic oxidation sites excluding steroid dienone is 1. The van der Waals surface area contributed by atoms with Gasteiger partial charge in [-0.3, -0.25) is 24.5 Å². The molecule has 0 radical (unpaired) electrons. The molecule has 0 amide bonds. The number of para-hydroxylation sites is 1. The lowest BCUT2D eigenvalue weighted by Gasteiger charge is -2.27. The molecule has 0 aliphatic heterocycles. The van der Waals surface area contributed by atoms with E-state index in [1.165, 1.54) is 22.6 Å². The summed E-state index contributed by atoms with van der Waals surface area (Å²) in [6, 6.07) is 15.8. The number of hydrogen-bond donors (Lipinski definition) is 2. The van der Waals surface area contributed by atoms with E-state index >= 15 is 0 Å². The molecular formula is C26H29N5O4. The molecule has 1 aliphatic carbocycles. The van der Waals surface area contributed by atoms with Crippen LogP contribution in [0.4, 0.5) is 17.2 Å². The molecule has 0 spiro atoms. The van der Waals surface area contributed by atoms with Crippen molar-refractivity contribution in [3.05, 3.63) is 108 Å². The highest BCUT2D eigenvalue weighted by atomic mass is 16.6. The van der Waals surface area contributed by atoms with E-state index in [2.05, 4.69) is 11.1 Å². The minimum Gasteiger partial charge on any atom is -0.383 e. The molecule has 35 heavy (non-hydrogen) atoms. The number of nitrogens with zero attached hydrogens (tertiary/aromatic N) is 3. The van der Waals surface area contributed by atoms with Crippen LogP contribution in [0.2, 0.25) is 0 Å². The Balaban J connectivity index is 1.75. The van der Waals surface area contributed by atoms with Crippen molar-refractivity contribution in [2.75, 3.05) is 17.2 Å². The number of nitrogens with one attached hydrogen (secondary N) is 1. The molecule has 9 nitrogen and oxygen atoms in total. The van der Waals surface area contributed by atoms with Gasteiger partial charge in [0.1, 0.15) is 11.5 Å². The molecule has 9 heteroatoms. The van der Waals surface area contributed by atoms with Gasteiger partial charge in [-0.15, -0.1) is 0 Å². The molecule has 0 atom stereocenters. The first kappa shape index (κ1) is 24.0. The van der Waals surface area contributed by atoms with Crippen LogP contribution in [0, 0.1) is 10.1 Å². The lowest BCUT2D eigenvalue weighted by atomic mass is 9.97. The van der Waals surface area contributed by atoms with Crippen LogP contribution in [0.25, 0.3) is 0 Å². The monoisotopic (exact) mass is 475 g/mol. The molecule has 3 N–H and O–H groups in total. The molecular weight excluding hydrogens is 446 g/mol. The van der Waals surface area contributed by atoms with Gasteiger partial charge in [-0.05, 0) is 37.7 Å². The fraction of sp³-hybridized carbons (Fsp3) is 0.308. The summed E-state index contributed by atoms with van der Waals surface area (Å²) in [4.78, 5) is 41.0. The Kier molecular flexibility index (Phi) is 7.45. The number of aromatic amines is 1. The van der Waals surface area contributed by atoms with Crippen molar-refractivity contribution in [2.45, 2.75) is 45.2 Å². The third-order valence-corrected chi connectivity index (χ3v) is 6.35. The van der Waals surface area contributed by atoms with Crippen LogP contribution >= 0.6 is 0 Å². The highest BCUT2D eigenvalue weighted by molar-refractivity contribution is 5.63. The number of nitrogen functional groups attached to an aromatic ring is 1. The Morgan fingerprint density at radius 2 is 1.80 bits per heavy atom. The molecule has 0 unspecified atom stereocenters. The summed E-state index contributed by atoms with van der Waals surface area (Å²) in [5.41, 5.74) is 8.00. The Morgan fingerprint density at radius 1 is 1.06 bits per heavy atom. The summed E-state index contributed by atoms with van der Waals surface area (Å²) >= 11 is 0. The molecule has 1 aliphatic rings. The Labute approximate surface area is 202 Å². The van der Waals surface area contributed by atoms with Gasteiger partial charge in [0.15, 0.2) is 0 Å². The predicted octanol–water partition coefficient (Wildman–Crippen LogP) is 3.97. The van der Waals surface area contributed by atoms with E-state index in [0.717, 1.165) is 24.8 Å². The minimum atomic E-state index is -0.604. The van der Waals surface area contributed by atoms with Crippen LogP contribution in [0.3, 0.4) is 0 Å². The Hall–Kier alpha value is -4.14. The fourth-order valence-electron chi connectivity index (χ4n) is 4.51. The number of H-pyrrole nitrogens is 1. The smallest absolute Gasteiger partial charge is 0.330 e. The molecule has 0 saturated heterocycles. The van der Waals surface area contributed by atoms with E-state index in [-0.39, 0.29) is 30.3 Å². The van der Waals surface area contributed by atoms with Gasteiger partial charge in [0.25, 0.3) is 11.2 Å². The Morgan fingerprint density at radius 3 is 2.51 bits per heavy atom. The lowest BCUT2D eigenvalue weighted by molar-refractivity contribution is -0.385. The third kappa shape index (κ3) is 5.68. The van der Waals surface area contributed by atoms with Crippen LogP contribution < -0.4 is 21.9 Å². The average Bonchev–Trinajstić information content (AvgIpc) is 2.86. The zero-order valence-electron chi connectivity index (χ0n) is 19.5.